The van der Waals surface area contributed by atoms with Crippen LogP contribution in [-0.2, 0) is 42.9 Å². The fourth-order valence-electron chi connectivity index (χ4n) is 7.37. The van der Waals surface area contributed by atoms with Crippen LogP contribution >= 0.6 is 0 Å². The summed E-state index contributed by atoms with van der Waals surface area (Å²) in [5.74, 6) is -3.35. The number of rotatable bonds is 44. The molecule has 1 aliphatic heterocycles. The second kappa shape index (κ2) is 48.1. The maximum absolute atomic E-state index is 13.1. The Balaban J connectivity index is 2.80. The number of hydrogen-bond donors (Lipinski definition) is 3. The zero-order valence-corrected chi connectivity index (χ0v) is 44.8. The van der Waals surface area contributed by atoms with E-state index < -0.39 is 67.3 Å². The number of carboxylic acids is 1. The lowest BCUT2D eigenvalue weighted by Crippen LogP contribution is -2.61. The number of allylic oxidation sites excluding steroid dienone is 19. The van der Waals surface area contributed by atoms with Crippen LogP contribution in [0.3, 0.4) is 0 Å². The molecule has 0 aromatic carbocycles. The summed E-state index contributed by atoms with van der Waals surface area (Å²) < 4.78 is 28.2. The van der Waals surface area contributed by atoms with Crippen molar-refractivity contribution in [1.82, 2.24) is 0 Å². The number of carbonyl (C=O) groups is 4. The molecular formula is C61H94O12. The van der Waals surface area contributed by atoms with Crippen molar-refractivity contribution in [1.29, 1.82) is 0 Å². The first-order valence-electron chi connectivity index (χ1n) is 27.5. The van der Waals surface area contributed by atoms with E-state index in [1.165, 1.54) is 0 Å². The number of hydrogen-bond acceptors (Lipinski definition) is 11. The topological polar surface area (TPSA) is 175 Å². The Morgan fingerprint density at radius 2 is 0.904 bits per heavy atom. The van der Waals surface area contributed by atoms with Crippen LogP contribution in [0.15, 0.2) is 122 Å². The molecule has 0 aliphatic carbocycles. The zero-order chi connectivity index (χ0) is 53.3. The summed E-state index contributed by atoms with van der Waals surface area (Å²) in [7, 11) is 0. The van der Waals surface area contributed by atoms with Gasteiger partial charge in [-0.2, -0.15) is 0 Å². The third kappa shape index (κ3) is 38.4. The molecular weight excluding hydrogens is 925 g/mol. The molecule has 410 valence electrons. The predicted molar refractivity (Wildman–Crippen MR) is 293 cm³/mol. The molecule has 6 unspecified atom stereocenters. The molecule has 6 atom stereocenters. The molecule has 12 heteroatoms. The van der Waals surface area contributed by atoms with Crippen molar-refractivity contribution < 1.29 is 58.2 Å². The van der Waals surface area contributed by atoms with Gasteiger partial charge in [-0.15, -0.1) is 0 Å². The molecule has 1 aliphatic rings. The van der Waals surface area contributed by atoms with Crippen LogP contribution in [-0.4, -0.2) is 89.2 Å². The van der Waals surface area contributed by atoms with Gasteiger partial charge in [0.05, 0.1) is 13.0 Å². The quantitative estimate of drug-likeness (QED) is 0.0228. The van der Waals surface area contributed by atoms with E-state index in [0.29, 0.717) is 19.3 Å². The molecule has 0 bridgehead atoms. The van der Waals surface area contributed by atoms with Gasteiger partial charge in [-0.1, -0.05) is 187 Å². The fraction of sp³-hybridized carbons (Fsp3) is 0.607. The molecule has 0 aromatic rings. The van der Waals surface area contributed by atoms with Crippen molar-refractivity contribution in [2.45, 2.75) is 225 Å². The second-order valence-electron chi connectivity index (χ2n) is 18.1. The molecule has 1 rings (SSSR count). The van der Waals surface area contributed by atoms with Gasteiger partial charge in [0.1, 0.15) is 18.8 Å². The summed E-state index contributed by atoms with van der Waals surface area (Å²) in [5, 5.41) is 31.4. The van der Waals surface area contributed by atoms with E-state index in [4.69, 9.17) is 23.7 Å². The van der Waals surface area contributed by atoms with E-state index >= 15 is 0 Å². The molecule has 0 radical (unpaired) electrons. The number of aliphatic hydroxyl groups excluding tert-OH is 2. The van der Waals surface area contributed by atoms with E-state index in [1.54, 1.807) is 6.08 Å². The van der Waals surface area contributed by atoms with Crippen LogP contribution in [0.25, 0.3) is 0 Å². The van der Waals surface area contributed by atoms with Gasteiger partial charge in [0.15, 0.2) is 24.6 Å². The Morgan fingerprint density at radius 3 is 1.38 bits per heavy atom. The maximum Gasteiger partial charge on any atom is 0.335 e. The second-order valence-corrected chi connectivity index (χ2v) is 18.1. The van der Waals surface area contributed by atoms with E-state index in [0.717, 1.165) is 128 Å². The third-order valence-corrected chi connectivity index (χ3v) is 11.5. The fourth-order valence-corrected chi connectivity index (χ4v) is 7.37. The lowest BCUT2D eigenvalue weighted by molar-refractivity contribution is -0.301. The average Bonchev–Trinajstić information content (AvgIpc) is 3.37. The normalized spacial score (nSPS) is 19.3. The molecule has 1 heterocycles. The Morgan fingerprint density at radius 1 is 0.479 bits per heavy atom. The number of aliphatic hydroxyl groups is 2. The standard InChI is InChI=1S/C61H94O12/c1-4-7-10-13-16-19-22-25-27-30-32-35-38-41-44-47-53(62)69-50-52(71-54(63)48-45-42-39-36-34-31-28-26-23-20-17-14-11-8-5-2)51-70-61-59(57(66)56(65)58(73-61)60(67)68)72-55(64)49-46-43-40-37-33-29-24-21-18-15-12-9-6-3/h7-8,10-12,15-17,19-21,24-28,32,35,41,44,52,56-59,61,65-66H,4-6,9,13-14,18,22-23,29-31,33-34,36-40,42-43,45-51H2,1-3H3,(H,67,68)/b10-7-,11-8-,15-12-,19-16-,20-17-,24-21-,27-25-,28-26-,35-32-,44-41-. The van der Waals surface area contributed by atoms with Gasteiger partial charge in [-0.05, 0) is 103 Å². The highest BCUT2D eigenvalue weighted by Gasteiger charge is 2.50. The predicted octanol–water partition coefficient (Wildman–Crippen LogP) is 13.7. The highest BCUT2D eigenvalue weighted by molar-refractivity contribution is 5.74. The smallest absolute Gasteiger partial charge is 0.335 e. The largest absolute Gasteiger partial charge is 0.479 e. The Hall–Kier alpha value is -4.88. The van der Waals surface area contributed by atoms with Crippen LogP contribution in [0.1, 0.15) is 188 Å². The molecule has 1 fully saturated rings. The van der Waals surface area contributed by atoms with Crippen molar-refractivity contribution in [2.24, 2.45) is 0 Å². The number of carboxylic acid groups (broad SMARTS) is 1. The van der Waals surface area contributed by atoms with E-state index in [2.05, 4.69) is 124 Å². The number of ether oxygens (including phenoxy) is 5. The molecule has 12 nitrogen and oxygen atoms in total. The van der Waals surface area contributed by atoms with Crippen LogP contribution in [0.5, 0.6) is 0 Å². The summed E-state index contributed by atoms with van der Waals surface area (Å²) in [6, 6.07) is 0. The van der Waals surface area contributed by atoms with E-state index in [9.17, 15) is 34.5 Å². The van der Waals surface area contributed by atoms with Gasteiger partial charge in [0.2, 0.25) is 0 Å². The Labute approximate surface area is 439 Å². The van der Waals surface area contributed by atoms with Crippen molar-refractivity contribution in [3.63, 3.8) is 0 Å². The van der Waals surface area contributed by atoms with Crippen molar-refractivity contribution >= 4 is 23.9 Å². The monoisotopic (exact) mass is 1020 g/mol. The summed E-state index contributed by atoms with van der Waals surface area (Å²) in [6.45, 7) is 5.56. The SMILES string of the molecule is CC/C=C\C/C=C\C/C=C\C/C=C\C/C=C\CC(=O)OCC(COC1OC(C(=O)O)C(O)C(O)C1OC(=O)CCCCCCC/C=C\C/C=C\CCC)OC(=O)CCCCCCC/C=C\C/C=C\C/C=C\CC. The molecule has 3 N–H and O–H groups in total. The lowest BCUT2D eigenvalue weighted by atomic mass is 9.98. The van der Waals surface area contributed by atoms with E-state index in [-0.39, 0.29) is 25.9 Å². The summed E-state index contributed by atoms with van der Waals surface area (Å²) >= 11 is 0. The summed E-state index contributed by atoms with van der Waals surface area (Å²) in [6.07, 6.45) is 53.5. The van der Waals surface area contributed by atoms with Gasteiger partial charge in [0.25, 0.3) is 0 Å². The van der Waals surface area contributed by atoms with Gasteiger partial charge >= 0.3 is 23.9 Å². The minimum Gasteiger partial charge on any atom is -0.479 e. The van der Waals surface area contributed by atoms with Gasteiger partial charge < -0.3 is 39.0 Å². The maximum atomic E-state index is 13.1. The molecule has 1 saturated heterocycles. The van der Waals surface area contributed by atoms with Crippen molar-refractivity contribution in [3.05, 3.63) is 122 Å². The molecule has 0 saturated carbocycles. The number of aliphatic carboxylic acids is 1. The van der Waals surface area contributed by atoms with Crippen molar-refractivity contribution in [2.75, 3.05) is 13.2 Å². The third-order valence-electron chi connectivity index (χ3n) is 11.5. The van der Waals surface area contributed by atoms with Crippen LogP contribution < -0.4 is 0 Å². The minimum absolute atomic E-state index is 0.0262. The highest BCUT2D eigenvalue weighted by atomic mass is 16.7. The van der Waals surface area contributed by atoms with Gasteiger partial charge in [0, 0.05) is 12.8 Å². The van der Waals surface area contributed by atoms with E-state index in [1.807, 2.05) is 12.2 Å². The Bertz CT molecular complexity index is 1730. The molecule has 0 spiro atoms. The zero-order valence-electron chi connectivity index (χ0n) is 44.8. The first kappa shape index (κ1) is 66.1. The van der Waals surface area contributed by atoms with Crippen LogP contribution in [0.2, 0.25) is 0 Å². The molecule has 0 amide bonds. The molecule has 73 heavy (non-hydrogen) atoms. The highest BCUT2D eigenvalue weighted by Crippen LogP contribution is 2.26. The number of esters is 3. The number of unbranched alkanes of at least 4 members (excludes halogenated alkanes) is 11. The molecule has 0 aromatic heterocycles. The van der Waals surface area contributed by atoms with Gasteiger partial charge in [-0.3, -0.25) is 14.4 Å². The van der Waals surface area contributed by atoms with Crippen LogP contribution in [0.4, 0.5) is 0 Å². The lowest BCUT2D eigenvalue weighted by Gasteiger charge is -2.40. The summed E-state index contributed by atoms with van der Waals surface area (Å²) in [5.41, 5.74) is 0. The number of carbonyl (C=O) groups excluding carboxylic acids is 3. The summed E-state index contributed by atoms with van der Waals surface area (Å²) in [4.78, 5) is 50.9. The van der Waals surface area contributed by atoms with Crippen molar-refractivity contribution in [3.8, 4) is 0 Å². The Kier molecular flexibility index (Phi) is 43.6. The minimum atomic E-state index is -1.93. The first-order valence-corrected chi connectivity index (χ1v) is 27.5. The first-order chi connectivity index (χ1) is 35.6. The van der Waals surface area contributed by atoms with Crippen LogP contribution in [0, 0.1) is 0 Å². The average molecular weight is 1020 g/mol. The van der Waals surface area contributed by atoms with Gasteiger partial charge in [-0.25, -0.2) is 4.79 Å².